The van der Waals surface area contributed by atoms with Gasteiger partial charge in [-0.2, -0.15) is 0 Å². The Morgan fingerprint density at radius 1 is 0.970 bits per heavy atom. The molecule has 0 radical (unpaired) electrons. The molecular weight excluding hydrogens is 441 g/mol. The maximum atomic E-state index is 13.5. The number of fused-ring (bicyclic) bond motifs is 1. The van der Waals surface area contributed by atoms with Gasteiger partial charge in [0.05, 0.1) is 11.8 Å². The lowest BCUT2D eigenvalue weighted by atomic mass is 9.81. The van der Waals surface area contributed by atoms with E-state index in [0.29, 0.717) is 13.1 Å². The Morgan fingerprint density at radius 3 is 2.33 bits per heavy atom. The molecule has 0 bridgehead atoms. The fourth-order valence-electron chi connectivity index (χ4n) is 5.26. The van der Waals surface area contributed by atoms with Crippen molar-refractivity contribution in [2.75, 3.05) is 32.7 Å². The normalized spacial score (nSPS) is 23.8. The monoisotopic (exact) mass is 469 g/mol. The van der Waals surface area contributed by atoms with Crippen LogP contribution < -0.4 is 0 Å². The van der Waals surface area contributed by atoms with Crippen LogP contribution in [0.4, 0.5) is 4.39 Å². The summed E-state index contributed by atoms with van der Waals surface area (Å²) < 4.78 is 13.5. The number of hydrogen-bond donors (Lipinski definition) is 0. The summed E-state index contributed by atoms with van der Waals surface area (Å²) in [5.74, 6) is -1.09. The van der Waals surface area contributed by atoms with Crippen molar-refractivity contribution in [1.82, 2.24) is 14.7 Å². The van der Waals surface area contributed by atoms with Gasteiger partial charge in [0.15, 0.2) is 0 Å². The fraction of sp³-hybridized carbons (Fsp3) is 0.480. The summed E-state index contributed by atoms with van der Waals surface area (Å²) in [4.78, 5) is 45.7. The molecule has 2 atom stereocenters. The molecule has 1 aromatic heterocycles. The Labute approximate surface area is 197 Å². The third kappa shape index (κ3) is 4.59. The molecule has 33 heavy (non-hydrogen) atoms. The van der Waals surface area contributed by atoms with Crippen molar-refractivity contribution < 1.29 is 18.8 Å². The van der Waals surface area contributed by atoms with Crippen molar-refractivity contribution in [2.24, 2.45) is 11.8 Å². The Bertz CT molecular complexity index is 1040. The van der Waals surface area contributed by atoms with Crippen LogP contribution in [0.3, 0.4) is 0 Å². The predicted octanol–water partition coefficient (Wildman–Crippen LogP) is 3.37. The molecule has 3 aliphatic rings. The Hall–Kier alpha value is -2.58. The van der Waals surface area contributed by atoms with Crippen LogP contribution in [-0.2, 0) is 20.9 Å². The van der Waals surface area contributed by atoms with Crippen LogP contribution in [0.2, 0.25) is 0 Å². The number of thiophene rings is 1. The van der Waals surface area contributed by atoms with Crippen molar-refractivity contribution in [3.05, 3.63) is 47.1 Å². The number of carbonyl (C=O) groups excluding carboxylic acids is 3. The highest BCUT2D eigenvalue weighted by Crippen LogP contribution is 2.38. The molecule has 1 aromatic carbocycles. The van der Waals surface area contributed by atoms with Gasteiger partial charge in [-0.3, -0.25) is 24.2 Å². The van der Waals surface area contributed by atoms with E-state index in [0.717, 1.165) is 55.8 Å². The van der Waals surface area contributed by atoms with Gasteiger partial charge in [0.2, 0.25) is 17.7 Å². The van der Waals surface area contributed by atoms with Gasteiger partial charge in [-0.1, -0.05) is 25.0 Å². The molecule has 5 rings (SSSR count). The van der Waals surface area contributed by atoms with E-state index in [2.05, 4.69) is 11.0 Å². The highest BCUT2D eigenvalue weighted by molar-refractivity contribution is 7.15. The first-order chi connectivity index (χ1) is 16.0. The smallest absolute Gasteiger partial charge is 0.242 e. The van der Waals surface area contributed by atoms with Gasteiger partial charge in [0.25, 0.3) is 0 Å². The lowest BCUT2D eigenvalue weighted by Gasteiger charge is -2.35. The highest BCUT2D eigenvalue weighted by atomic mass is 32.1. The molecule has 3 amide bonds. The van der Waals surface area contributed by atoms with Crippen molar-refractivity contribution >= 4 is 29.1 Å². The maximum Gasteiger partial charge on any atom is 0.242 e. The molecule has 0 spiro atoms. The van der Waals surface area contributed by atoms with Crippen LogP contribution in [0, 0.1) is 17.7 Å². The number of imide groups is 1. The van der Waals surface area contributed by atoms with E-state index < -0.39 is 0 Å². The van der Waals surface area contributed by atoms with Crippen LogP contribution in [-0.4, -0.2) is 65.1 Å². The molecule has 6 nitrogen and oxygen atoms in total. The number of carbonyl (C=O) groups is 3. The third-order valence-corrected chi connectivity index (χ3v) is 8.22. The van der Waals surface area contributed by atoms with E-state index in [1.165, 1.54) is 15.8 Å². The van der Waals surface area contributed by atoms with Gasteiger partial charge in [0, 0.05) is 42.5 Å². The van der Waals surface area contributed by atoms with E-state index in [4.69, 9.17) is 0 Å². The van der Waals surface area contributed by atoms with Gasteiger partial charge in [-0.05, 0) is 42.7 Å². The molecule has 3 heterocycles. The van der Waals surface area contributed by atoms with Gasteiger partial charge in [-0.15, -0.1) is 11.3 Å². The van der Waals surface area contributed by atoms with Crippen LogP contribution in [0.15, 0.2) is 36.4 Å². The van der Waals surface area contributed by atoms with Crippen molar-refractivity contribution in [3.8, 4) is 10.4 Å². The number of amides is 3. The summed E-state index contributed by atoms with van der Waals surface area (Å²) in [6.07, 6.45) is 3.50. The Morgan fingerprint density at radius 2 is 1.67 bits per heavy atom. The molecule has 3 fully saturated rings. The largest absolute Gasteiger partial charge is 0.339 e. The zero-order chi connectivity index (χ0) is 22.9. The number of piperazine rings is 1. The summed E-state index contributed by atoms with van der Waals surface area (Å²) in [6.45, 7) is 3.33. The van der Waals surface area contributed by atoms with E-state index >= 15 is 0 Å². The number of halogens is 1. The molecule has 2 saturated heterocycles. The standard InChI is InChI=1S/C25H28FN3O3S/c26-18-5-3-4-17(14-18)22-9-8-19(33-22)15-27-10-12-28(13-11-27)23(30)16-29-24(31)20-6-1-2-7-21(20)25(29)32/h3-5,8-9,14,20-21H,1-2,6-7,10-13,15-16H2/t20-,21-/m1/s1. The van der Waals surface area contributed by atoms with Gasteiger partial charge in [-0.25, -0.2) is 4.39 Å². The molecule has 2 aliphatic heterocycles. The summed E-state index contributed by atoms with van der Waals surface area (Å²) in [7, 11) is 0. The summed E-state index contributed by atoms with van der Waals surface area (Å²) in [5.41, 5.74) is 0.882. The molecule has 1 saturated carbocycles. The minimum absolute atomic E-state index is 0.118. The quantitative estimate of drug-likeness (QED) is 0.630. The summed E-state index contributed by atoms with van der Waals surface area (Å²) in [6, 6.07) is 10.7. The molecule has 174 valence electrons. The van der Waals surface area contributed by atoms with E-state index in [-0.39, 0.29) is 41.9 Å². The number of rotatable bonds is 5. The number of nitrogens with zero attached hydrogens (tertiary/aromatic N) is 3. The minimum Gasteiger partial charge on any atom is -0.339 e. The summed E-state index contributed by atoms with van der Waals surface area (Å²) >= 11 is 1.66. The van der Waals surface area contributed by atoms with Crippen LogP contribution in [0.25, 0.3) is 10.4 Å². The van der Waals surface area contributed by atoms with E-state index in [1.54, 1.807) is 28.4 Å². The van der Waals surface area contributed by atoms with E-state index in [9.17, 15) is 18.8 Å². The SMILES string of the molecule is O=C(CN1C(=O)[C@@H]2CCCC[C@H]2C1=O)N1CCN(Cc2ccc(-c3cccc(F)c3)s2)CC1. The average Bonchev–Trinajstić information content (AvgIpc) is 3.39. The average molecular weight is 470 g/mol. The Kier molecular flexibility index (Phi) is 6.29. The first-order valence-corrected chi connectivity index (χ1v) is 12.5. The number of benzene rings is 1. The third-order valence-electron chi connectivity index (χ3n) is 7.10. The van der Waals surface area contributed by atoms with Crippen LogP contribution in [0.1, 0.15) is 30.6 Å². The van der Waals surface area contributed by atoms with Gasteiger partial charge in [0.1, 0.15) is 12.4 Å². The molecular formula is C25H28FN3O3S. The Balaban J connectivity index is 1.13. The lowest BCUT2D eigenvalue weighted by molar-refractivity contribution is -0.147. The second-order valence-corrected chi connectivity index (χ2v) is 10.4. The molecule has 1 aliphatic carbocycles. The highest BCUT2D eigenvalue weighted by Gasteiger charge is 2.48. The molecule has 8 heteroatoms. The molecule has 0 unspecified atom stereocenters. The number of hydrogen-bond acceptors (Lipinski definition) is 5. The second-order valence-electron chi connectivity index (χ2n) is 9.19. The topological polar surface area (TPSA) is 60.9 Å². The summed E-state index contributed by atoms with van der Waals surface area (Å²) in [5, 5.41) is 0. The minimum atomic E-state index is -0.237. The number of likely N-dealkylation sites (tertiary alicyclic amines) is 1. The zero-order valence-electron chi connectivity index (χ0n) is 18.5. The van der Waals surface area contributed by atoms with E-state index in [1.807, 2.05) is 12.1 Å². The maximum absolute atomic E-state index is 13.5. The molecule has 2 aromatic rings. The van der Waals surface area contributed by atoms with Crippen molar-refractivity contribution in [1.29, 1.82) is 0 Å². The first kappa shape index (κ1) is 22.2. The van der Waals surface area contributed by atoms with Gasteiger partial charge >= 0.3 is 0 Å². The lowest BCUT2D eigenvalue weighted by Crippen LogP contribution is -2.51. The molecule has 0 N–H and O–H groups in total. The first-order valence-electron chi connectivity index (χ1n) is 11.7. The predicted molar refractivity (Wildman–Crippen MR) is 124 cm³/mol. The second kappa shape index (κ2) is 9.35. The van der Waals surface area contributed by atoms with Gasteiger partial charge < -0.3 is 4.90 Å². The van der Waals surface area contributed by atoms with Crippen LogP contribution in [0.5, 0.6) is 0 Å². The van der Waals surface area contributed by atoms with Crippen LogP contribution >= 0.6 is 11.3 Å². The van der Waals surface area contributed by atoms with Crippen molar-refractivity contribution in [2.45, 2.75) is 32.2 Å². The van der Waals surface area contributed by atoms with Crippen molar-refractivity contribution in [3.63, 3.8) is 0 Å². The fourth-order valence-corrected chi connectivity index (χ4v) is 6.30. The zero-order valence-corrected chi connectivity index (χ0v) is 19.4.